The molecule has 0 spiro atoms. The van der Waals surface area contributed by atoms with E-state index in [-0.39, 0.29) is 52.0 Å². The summed E-state index contributed by atoms with van der Waals surface area (Å²) < 4.78 is 21.5. The van der Waals surface area contributed by atoms with Crippen LogP contribution in [0.4, 0.5) is 9.59 Å². The van der Waals surface area contributed by atoms with Crippen molar-refractivity contribution in [1.82, 2.24) is 20.9 Å². The first-order chi connectivity index (χ1) is 23.0. The average Bonchev–Trinajstić information content (AvgIpc) is 3.02. The number of carbonyl (C=O) groups is 5. The summed E-state index contributed by atoms with van der Waals surface area (Å²) in [5.74, 6) is -1.26. The maximum atomic E-state index is 14.7. The van der Waals surface area contributed by atoms with Gasteiger partial charge in [-0.1, -0.05) is 42.5 Å². The SMILES string of the molecule is COc1ccc(CC(NC(=O)OCc2ccccc2)C(=O)C2(CCCNC(=O)OC(C)(C)C)NCCN(CC(=O)OC(C)(C)C)C2=O)cc1. The summed E-state index contributed by atoms with van der Waals surface area (Å²) in [7, 11) is 1.54. The molecule has 268 valence electrons. The van der Waals surface area contributed by atoms with Crippen LogP contribution in [-0.2, 0) is 41.6 Å². The lowest BCUT2D eigenvalue weighted by Gasteiger charge is -2.43. The number of nitrogens with one attached hydrogen (secondary N) is 3. The van der Waals surface area contributed by atoms with Crippen molar-refractivity contribution in [3.63, 3.8) is 0 Å². The Morgan fingerprint density at radius 2 is 1.55 bits per heavy atom. The van der Waals surface area contributed by atoms with Gasteiger partial charge in [-0.2, -0.15) is 0 Å². The molecule has 0 bridgehead atoms. The zero-order valence-electron chi connectivity index (χ0n) is 29.6. The van der Waals surface area contributed by atoms with Gasteiger partial charge in [0.15, 0.2) is 11.3 Å². The normalized spacial score (nSPS) is 17.0. The first-order valence-electron chi connectivity index (χ1n) is 16.4. The molecule has 2 atom stereocenters. The van der Waals surface area contributed by atoms with Crippen molar-refractivity contribution in [2.45, 2.75) is 90.2 Å². The summed E-state index contributed by atoms with van der Waals surface area (Å²) in [6.45, 7) is 10.4. The number of piperazine rings is 1. The Morgan fingerprint density at radius 1 is 0.898 bits per heavy atom. The van der Waals surface area contributed by atoms with Crippen LogP contribution >= 0.6 is 0 Å². The summed E-state index contributed by atoms with van der Waals surface area (Å²) >= 11 is 0. The zero-order chi connectivity index (χ0) is 36.2. The van der Waals surface area contributed by atoms with Crippen molar-refractivity contribution >= 4 is 29.8 Å². The van der Waals surface area contributed by atoms with Crippen LogP contribution in [0.3, 0.4) is 0 Å². The van der Waals surface area contributed by atoms with Crippen LogP contribution < -0.4 is 20.7 Å². The Labute approximate surface area is 288 Å². The van der Waals surface area contributed by atoms with Crippen molar-refractivity contribution in [3.8, 4) is 5.75 Å². The smallest absolute Gasteiger partial charge is 0.408 e. The quantitative estimate of drug-likeness (QED) is 0.115. The number of esters is 1. The number of rotatable bonds is 14. The van der Waals surface area contributed by atoms with Crippen molar-refractivity contribution in [2.24, 2.45) is 0 Å². The number of benzene rings is 2. The molecule has 1 fully saturated rings. The van der Waals surface area contributed by atoms with Crippen LogP contribution in [0.25, 0.3) is 0 Å². The highest BCUT2D eigenvalue weighted by Crippen LogP contribution is 2.25. The molecule has 1 saturated heterocycles. The van der Waals surface area contributed by atoms with E-state index in [1.165, 1.54) is 12.0 Å². The van der Waals surface area contributed by atoms with Crippen molar-refractivity contribution in [2.75, 3.05) is 33.3 Å². The highest BCUT2D eigenvalue weighted by Gasteiger charge is 2.52. The number of hydrogen-bond donors (Lipinski definition) is 3. The second-order valence-corrected chi connectivity index (χ2v) is 13.9. The number of alkyl carbamates (subject to hydrolysis) is 2. The van der Waals surface area contributed by atoms with Gasteiger partial charge in [-0.15, -0.1) is 0 Å². The van der Waals surface area contributed by atoms with E-state index in [1.807, 2.05) is 18.2 Å². The summed E-state index contributed by atoms with van der Waals surface area (Å²) in [6.07, 6.45) is -1.31. The van der Waals surface area contributed by atoms with Crippen LogP contribution in [0.2, 0.25) is 0 Å². The van der Waals surface area contributed by atoms with Gasteiger partial charge >= 0.3 is 18.2 Å². The predicted octanol–water partition coefficient (Wildman–Crippen LogP) is 3.92. The van der Waals surface area contributed by atoms with Crippen molar-refractivity contribution < 1.29 is 42.9 Å². The molecule has 1 aliphatic heterocycles. The van der Waals surface area contributed by atoms with Gasteiger partial charge in [-0.3, -0.25) is 19.7 Å². The molecule has 3 N–H and O–H groups in total. The number of nitrogens with zero attached hydrogens (tertiary/aromatic N) is 1. The monoisotopic (exact) mass is 682 g/mol. The molecule has 13 nitrogen and oxygen atoms in total. The molecule has 13 heteroatoms. The molecular weight excluding hydrogens is 632 g/mol. The summed E-state index contributed by atoms with van der Waals surface area (Å²) in [6, 6.07) is 14.9. The molecule has 0 saturated carbocycles. The van der Waals surface area contributed by atoms with Gasteiger partial charge in [-0.25, -0.2) is 9.59 Å². The fourth-order valence-electron chi connectivity index (χ4n) is 5.31. The van der Waals surface area contributed by atoms with E-state index >= 15 is 0 Å². The number of carbonyl (C=O) groups excluding carboxylic acids is 5. The second kappa shape index (κ2) is 17.1. The second-order valence-electron chi connectivity index (χ2n) is 13.9. The first kappa shape index (κ1) is 38.8. The van der Waals surface area contributed by atoms with Crippen molar-refractivity contribution in [1.29, 1.82) is 0 Å². The highest BCUT2D eigenvalue weighted by atomic mass is 16.6. The van der Waals surface area contributed by atoms with E-state index in [1.54, 1.807) is 77.9 Å². The van der Waals surface area contributed by atoms with Gasteiger partial charge in [0.05, 0.1) is 13.2 Å². The van der Waals surface area contributed by atoms with E-state index in [0.717, 1.165) is 5.56 Å². The lowest BCUT2D eigenvalue weighted by atomic mass is 9.80. The maximum absolute atomic E-state index is 14.7. The molecule has 3 rings (SSSR count). The molecule has 2 aromatic rings. The first-order valence-corrected chi connectivity index (χ1v) is 16.4. The number of hydrogen-bond acceptors (Lipinski definition) is 10. The Morgan fingerprint density at radius 3 is 2.16 bits per heavy atom. The maximum Gasteiger partial charge on any atom is 0.408 e. The van der Waals surface area contributed by atoms with Gasteiger partial charge < -0.3 is 34.5 Å². The highest BCUT2D eigenvalue weighted by molar-refractivity contribution is 6.14. The number of ether oxygens (including phenoxy) is 4. The third kappa shape index (κ3) is 12.4. The van der Waals surface area contributed by atoms with E-state index in [9.17, 15) is 24.0 Å². The molecule has 2 aromatic carbocycles. The van der Waals surface area contributed by atoms with E-state index in [4.69, 9.17) is 18.9 Å². The van der Waals surface area contributed by atoms with E-state index in [0.29, 0.717) is 11.3 Å². The zero-order valence-corrected chi connectivity index (χ0v) is 29.6. The fraction of sp³-hybridized carbons (Fsp3) is 0.528. The molecule has 3 amide bonds. The van der Waals surface area contributed by atoms with Gasteiger partial charge in [-0.05, 0) is 84.1 Å². The molecule has 2 unspecified atom stereocenters. The third-order valence-electron chi connectivity index (χ3n) is 7.44. The molecule has 0 aliphatic carbocycles. The van der Waals surface area contributed by atoms with Crippen LogP contribution in [0.1, 0.15) is 65.5 Å². The fourth-order valence-corrected chi connectivity index (χ4v) is 5.31. The third-order valence-corrected chi connectivity index (χ3v) is 7.44. The van der Waals surface area contributed by atoms with Gasteiger partial charge in [0.25, 0.3) is 5.91 Å². The molecule has 49 heavy (non-hydrogen) atoms. The van der Waals surface area contributed by atoms with Gasteiger partial charge in [0, 0.05) is 19.6 Å². The number of methoxy groups -OCH3 is 1. The van der Waals surface area contributed by atoms with E-state index < -0.39 is 52.6 Å². The van der Waals surface area contributed by atoms with Gasteiger partial charge in [0.2, 0.25) is 0 Å². The van der Waals surface area contributed by atoms with Crippen LogP contribution in [0, 0.1) is 0 Å². The molecule has 1 heterocycles. The minimum absolute atomic E-state index is 0.0293. The van der Waals surface area contributed by atoms with Crippen LogP contribution in [0.15, 0.2) is 54.6 Å². The van der Waals surface area contributed by atoms with E-state index in [2.05, 4.69) is 16.0 Å². The number of ketones is 1. The van der Waals surface area contributed by atoms with Crippen molar-refractivity contribution in [3.05, 3.63) is 65.7 Å². The van der Waals surface area contributed by atoms with Crippen LogP contribution in [0.5, 0.6) is 5.75 Å². The summed E-state index contributed by atoms with van der Waals surface area (Å²) in [5.41, 5.74) is -1.88. The largest absolute Gasteiger partial charge is 0.497 e. The average molecular weight is 683 g/mol. The minimum atomic E-state index is -1.85. The molecule has 1 aliphatic rings. The Bertz CT molecular complexity index is 1440. The summed E-state index contributed by atoms with van der Waals surface area (Å²) in [5, 5.41) is 8.48. The van der Waals surface area contributed by atoms with Gasteiger partial charge in [0.1, 0.15) is 30.1 Å². The molecular formula is C36H50N4O9. The topological polar surface area (TPSA) is 162 Å². The molecule has 0 aromatic heterocycles. The Balaban J connectivity index is 1.91. The Kier molecular flexibility index (Phi) is 13.6. The standard InChI is InChI=1S/C36H50N4O9/c1-34(2,3)48-29(41)23-40-21-20-38-36(31(40)43,18-11-19-37-32(44)49-35(4,5)6)30(42)28(22-25-14-16-27(46-7)17-15-25)39-33(45)47-24-26-12-9-8-10-13-26/h8-10,12-17,28,38H,11,18-24H2,1-7H3,(H,37,44)(H,39,45). The molecule has 0 radical (unpaired) electrons. The lowest BCUT2D eigenvalue weighted by Crippen LogP contribution is -2.72. The Hall–Kier alpha value is -4.65. The van der Waals surface area contributed by atoms with Crippen LogP contribution in [-0.4, -0.2) is 90.8 Å². The number of Topliss-reactive ketones (excluding diaryl/α,β-unsaturated/α-hetero) is 1. The number of amides is 3. The lowest BCUT2D eigenvalue weighted by molar-refractivity contribution is -0.163. The summed E-state index contributed by atoms with van der Waals surface area (Å²) in [4.78, 5) is 68.6. The minimum Gasteiger partial charge on any atom is -0.497 e. The predicted molar refractivity (Wildman–Crippen MR) is 182 cm³/mol.